The summed E-state index contributed by atoms with van der Waals surface area (Å²) in [5.41, 5.74) is 1.69. The lowest BCUT2D eigenvalue weighted by Gasteiger charge is -2.20. The number of carbonyl (C=O) groups excluding carboxylic acids is 2. The lowest BCUT2D eigenvalue weighted by atomic mass is 10.1. The number of amides is 2. The first kappa shape index (κ1) is 24.4. The Morgan fingerprint density at radius 2 is 1.93 bits per heavy atom. The summed E-state index contributed by atoms with van der Waals surface area (Å²) in [6, 6.07) is 5.75. The molecule has 1 aromatic rings. The normalized spacial score (nSPS) is 21.2. The molecule has 2 unspecified atom stereocenters. The fourth-order valence-electron chi connectivity index (χ4n) is 3.29. The van der Waals surface area contributed by atoms with Gasteiger partial charge in [-0.15, -0.1) is 24.8 Å². The number of nitrogens with one attached hydrogen (secondary N) is 3. The summed E-state index contributed by atoms with van der Waals surface area (Å²) in [5.74, 6) is -3.86. The second-order valence-electron chi connectivity index (χ2n) is 6.96. The van der Waals surface area contributed by atoms with E-state index in [0.717, 1.165) is 31.6 Å². The van der Waals surface area contributed by atoms with Crippen molar-refractivity contribution in [1.29, 1.82) is 0 Å². The Morgan fingerprint density at radius 3 is 2.54 bits per heavy atom. The molecule has 10 heteroatoms. The van der Waals surface area contributed by atoms with Gasteiger partial charge in [0.2, 0.25) is 11.8 Å². The lowest BCUT2D eigenvalue weighted by Crippen LogP contribution is -2.48. The maximum Gasteiger partial charge on any atom is 0.262 e. The van der Waals surface area contributed by atoms with Crippen LogP contribution in [-0.4, -0.2) is 49.5 Å². The number of hydrogen-bond acceptors (Lipinski definition) is 4. The van der Waals surface area contributed by atoms with E-state index in [2.05, 4.69) is 20.9 Å². The zero-order valence-electron chi connectivity index (χ0n) is 15.5. The SMILES string of the molecule is CC(NC(=O)C1CC(F)(F)CN1)C(=O)Nc1cccc(N2CCCC2)c1.Cl.Cl. The van der Waals surface area contributed by atoms with E-state index in [-0.39, 0.29) is 30.7 Å². The van der Waals surface area contributed by atoms with Crippen LogP contribution in [0.4, 0.5) is 20.2 Å². The van der Waals surface area contributed by atoms with Crippen LogP contribution in [0.2, 0.25) is 0 Å². The van der Waals surface area contributed by atoms with Crippen molar-refractivity contribution in [3.8, 4) is 0 Å². The summed E-state index contributed by atoms with van der Waals surface area (Å²) in [5, 5.41) is 7.74. The fraction of sp³-hybridized carbons (Fsp3) is 0.556. The first-order valence-electron chi connectivity index (χ1n) is 8.91. The average Bonchev–Trinajstić information content (AvgIpc) is 3.24. The van der Waals surface area contributed by atoms with Crippen molar-refractivity contribution in [3.05, 3.63) is 24.3 Å². The largest absolute Gasteiger partial charge is 0.371 e. The van der Waals surface area contributed by atoms with E-state index in [0.29, 0.717) is 5.69 Å². The number of carbonyl (C=O) groups is 2. The third kappa shape index (κ3) is 6.18. The predicted molar refractivity (Wildman–Crippen MR) is 110 cm³/mol. The van der Waals surface area contributed by atoms with Crippen LogP contribution in [0.1, 0.15) is 26.2 Å². The molecule has 0 bridgehead atoms. The van der Waals surface area contributed by atoms with Crippen LogP contribution in [0.3, 0.4) is 0 Å². The molecule has 0 aliphatic carbocycles. The van der Waals surface area contributed by atoms with Crippen LogP contribution < -0.4 is 20.9 Å². The molecule has 6 nitrogen and oxygen atoms in total. The van der Waals surface area contributed by atoms with E-state index in [4.69, 9.17) is 0 Å². The second kappa shape index (κ2) is 10.2. The molecule has 1 aromatic carbocycles. The minimum Gasteiger partial charge on any atom is -0.371 e. The summed E-state index contributed by atoms with van der Waals surface area (Å²) in [6.07, 6.45) is 1.77. The van der Waals surface area contributed by atoms with Crippen molar-refractivity contribution >= 4 is 48.0 Å². The van der Waals surface area contributed by atoms with Gasteiger partial charge in [-0.25, -0.2) is 8.78 Å². The number of hydrogen-bond donors (Lipinski definition) is 3. The quantitative estimate of drug-likeness (QED) is 0.660. The van der Waals surface area contributed by atoms with Crippen molar-refractivity contribution in [2.24, 2.45) is 0 Å². The number of benzene rings is 1. The summed E-state index contributed by atoms with van der Waals surface area (Å²) in [4.78, 5) is 26.6. The van der Waals surface area contributed by atoms with Gasteiger partial charge in [0.1, 0.15) is 6.04 Å². The molecule has 0 saturated carbocycles. The summed E-state index contributed by atoms with van der Waals surface area (Å²) in [7, 11) is 0. The van der Waals surface area contributed by atoms with Crippen LogP contribution in [-0.2, 0) is 9.59 Å². The molecule has 2 fully saturated rings. The molecule has 0 radical (unpaired) electrons. The zero-order chi connectivity index (χ0) is 18.7. The number of anilines is 2. The van der Waals surface area contributed by atoms with Gasteiger partial charge in [-0.05, 0) is 38.0 Å². The highest BCUT2D eigenvalue weighted by Crippen LogP contribution is 2.25. The van der Waals surface area contributed by atoms with Crippen LogP contribution >= 0.6 is 24.8 Å². The number of alkyl halides is 2. The van der Waals surface area contributed by atoms with E-state index in [9.17, 15) is 18.4 Å². The summed E-state index contributed by atoms with van der Waals surface area (Å²) in [6.45, 7) is 3.02. The molecule has 3 rings (SSSR count). The smallest absolute Gasteiger partial charge is 0.262 e. The van der Waals surface area contributed by atoms with Gasteiger partial charge in [0.15, 0.2) is 0 Å². The van der Waals surface area contributed by atoms with Crippen molar-refractivity contribution in [2.45, 2.75) is 44.2 Å². The molecule has 0 spiro atoms. The first-order valence-corrected chi connectivity index (χ1v) is 8.91. The monoisotopic (exact) mass is 438 g/mol. The molecule has 2 saturated heterocycles. The predicted octanol–water partition coefficient (Wildman–Crippen LogP) is 2.57. The van der Waals surface area contributed by atoms with Crippen LogP contribution in [0.15, 0.2) is 24.3 Å². The van der Waals surface area contributed by atoms with Crippen LogP contribution in [0.5, 0.6) is 0 Å². The van der Waals surface area contributed by atoms with Gasteiger partial charge in [0.05, 0.1) is 12.6 Å². The highest BCUT2D eigenvalue weighted by molar-refractivity contribution is 5.98. The third-order valence-corrected chi connectivity index (χ3v) is 4.76. The fourth-order valence-corrected chi connectivity index (χ4v) is 3.29. The first-order chi connectivity index (χ1) is 12.3. The van der Waals surface area contributed by atoms with E-state index in [1.165, 1.54) is 6.92 Å². The Labute approximate surface area is 175 Å². The van der Waals surface area contributed by atoms with Gasteiger partial charge in [-0.3, -0.25) is 14.9 Å². The molecule has 2 aliphatic rings. The van der Waals surface area contributed by atoms with Gasteiger partial charge in [-0.2, -0.15) is 0 Å². The molecule has 2 heterocycles. The topological polar surface area (TPSA) is 73.5 Å². The van der Waals surface area contributed by atoms with Gasteiger partial charge in [-0.1, -0.05) is 6.07 Å². The third-order valence-electron chi connectivity index (χ3n) is 4.76. The molecular weight excluding hydrogens is 413 g/mol. The Morgan fingerprint density at radius 1 is 1.25 bits per heavy atom. The molecule has 0 aromatic heterocycles. The summed E-state index contributed by atoms with van der Waals surface area (Å²) < 4.78 is 26.4. The van der Waals surface area contributed by atoms with Crippen molar-refractivity contribution < 1.29 is 18.4 Å². The summed E-state index contributed by atoms with van der Waals surface area (Å²) >= 11 is 0. The lowest BCUT2D eigenvalue weighted by molar-refractivity contribution is -0.127. The molecular formula is C18H26Cl2F2N4O2. The molecule has 28 heavy (non-hydrogen) atoms. The van der Waals surface area contributed by atoms with Gasteiger partial charge >= 0.3 is 0 Å². The van der Waals surface area contributed by atoms with E-state index < -0.39 is 36.9 Å². The Balaban J connectivity index is 0.00000196. The van der Waals surface area contributed by atoms with Gasteiger partial charge in [0, 0.05) is 30.9 Å². The zero-order valence-corrected chi connectivity index (χ0v) is 17.2. The highest BCUT2D eigenvalue weighted by atomic mass is 35.5. The highest BCUT2D eigenvalue weighted by Gasteiger charge is 2.42. The van der Waals surface area contributed by atoms with E-state index >= 15 is 0 Å². The number of nitrogens with zero attached hydrogens (tertiary/aromatic N) is 1. The average molecular weight is 439 g/mol. The number of halogens is 4. The second-order valence-corrected chi connectivity index (χ2v) is 6.96. The Hall–Kier alpha value is -1.64. The van der Waals surface area contributed by atoms with Crippen molar-refractivity contribution in [1.82, 2.24) is 10.6 Å². The molecule has 2 atom stereocenters. The molecule has 3 N–H and O–H groups in total. The minimum atomic E-state index is -2.89. The Bertz CT molecular complexity index is 687. The van der Waals surface area contributed by atoms with Crippen molar-refractivity contribution in [3.63, 3.8) is 0 Å². The van der Waals surface area contributed by atoms with Crippen molar-refractivity contribution in [2.75, 3.05) is 29.9 Å². The van der Waals surface area contributed by atoms with E-state index in [1.807, 2.05) is 18.2 Å². The minimum absolute atomic E-state index is 0. The molecule has 2 amide bonds. The van der Waals surface area contributed by atoms with E-state index in [1.54, 1.807) is 6.07 Å². The maximum absolute atomic E-state index is 13.2. The number of rotatable bonds is 5. The molecule has 2 aliphatic heterocycles. The maximum atomic E-state index is 13.2. The van der Waals surface area contributed by atoms with Crippen LogP contribution in [0.25, 0.3) is 0 Å². The van der Waals surface area contributed by atoms with Gasteiger partial charge < -0.3 is 15.5 Å². The standard InChI is InChI=1S/C18H24F2N4O2.2ClH/c1-12(22-17(26)15-10-18(19,20)11-21-15)16(25)23-13-5-4-6-14(9-13)24-7-2-3-8-24;;/h4-6,9,12,15,21H,2-3,7-8,10-11H2,1H3,(H,22,26)(H,23,25);2*1H. The molecule has 158 valence electrons. The van der Waals surface area contributed by atoms with Crippen LogP contribution in [0, 0.1) is 0 Å². The Kier molecular flexibility index (Phi) is 8.91. The van der Waals surface area contributed by atoms with Gasteiger partial charge in [0.25, 0.3) is 5.92 Å².